The number of hydrogen-bond acceptors (Lipinski definition) is 9. The standard InChI is InChI=1S/C42H41N3O6S3/c1-28-11-21-35(22-12-28)54(48,49)45-37(23-29-7-3-2-4-8-29)40(47)43-25-30-13-19-33(20-14-30)41-50-34(24-38(51-41)32-17-15-31(26-46)16-18-32)27-52-42-44-36-9-5-6-10-39(36)53-42/h2-22,34,37-38,41,45-46H,23-27H2,1H3,(H,43,47)/t34-,37-,38+,41+/m1/s1. The normalized spacial score (nSPS) is 18.0. The van der Waals surface area contributed by atoms with Gasteiger partial charge in [0.15, 0.2) is 10.6 Å². The molecule has 0 unspecified atom stereocenters. The summed E-state index contributed by atoms with van der Waals surface area (Å²) in [6, 6.07) is 38.5. The van der Waals surface area contributed by atoms with Gasteiger partial charge in [-0.25, -0.2) is 13.4 Å². The van der Waals surface area contributed by atoms with E-state index in [1.54, 1.807) is 35.2 Å². The zero-order chi connectivity index (χ0) is 37.5. The van der Waals surface area contributed by atoms with Crippen molar-refractivity contribution in [3.63, 3.8) is 0 Å². The molecule has 54 heavy (non-hydrogen) atoms. The molecule has 1 amide bonds. The van der Waals surface area contributed by atoms with Crippen LogP contribution >= 0.6 is 23.1 Å². The van der Waals surface area contributed by atoms with Crippen LogP contribution in [0.25, 0.3) is 10.2 Å². The summed E-state index contributed by atoms with van der Waals surface area (Å²) in [7, 11) is -3.96. The molecule has 278 valence electrons. The number of aliphatic hydroxyl groups excluding tert-OH is 1. The fourth-order valence-corrected chi connectivity index (χ4v) is 9.52. The molecule has 0 radical (unpaired) electrons. The predicted molar refractivity (Wildman–Crippen MR) is 212 cm³/mol. The Hall–Kier alpha value is -4.40. The molecule has 3 N–H and O–H groups in total. The van der Waals surface area contributed by atoms with Crippen LogP contribution in [0.3, 0.4) is 0 Å². The number of hydrogen-bond donors (Lipinski definition) is 3. The Morgan fingerprint density at radius 2 is 1.54 bits per heavy atom. The second kappa shape index (κ2) is 17.4. The monoisotopic (exact) mass is 779 g/mol. The summed E-state index contributed by atoms with van der Waals surface area (Å²) in [4.78, 5) is 18.4. The molecule has 1 aliphatic rings. The molecule has 9 nitrogen and oxygen atoms in total. The number of aromatic nitrogens is 1. The number of aliphatic hydroxyl groups is 1. The number of nitrogens with one attached hydrogen (secondary N) is 2. The third kappa shape index (κ3) is 9.63. The van der Waals surface area contributed by atoms with Crippen LogP contribution in [0, 0.1) is 6.92 Å². The van der Waals surface area contributed by atoms with Gasteiger partial charge in [0.25, 0.3) is 0 Å². The molecule has 1 aliphatic heterocycles. The maximum atomic E-state index is 13.6. The minimum absolute atomic E-state index is 0.0253. The molecule has 1 fully saturated rings. The van der Waals surface area contributed by atoms with Gasteiger partial charge in [0, 0.05) is 24.3 Å². The zero-order valence-corrected chi connectivity index (χ0v) is 32.1. The summed E-state index contributed by atoms with van der Waals surface area (Å²) in [6.45, 7) is 2.06. The molecule has 2 heterocycles. The third-order valence-corrected chi connectivity index (χ3v) is 13.0. The van der Waals surface area contributed by atoms with Crippen molar-refractivity contribution >= 4 is 49.2 Å². The lowest BCUT2D eigenvalue weighted by Crippen LogP contribution is -2.47. The van der Waals surface area contributed by atoms with E-state index in [4.69, 9.17) is 14.5 Å². The molecule has 1 aromatic heterocycles. The second-order valence-corrected chi connectivity index (χ2v) is 17.3. The smallest absolute Gasteiger partial charge is 0.241 e. The number of ether oxygens (including phenoxy) is 2. The van der Waals surface area contributed by atoms with Crippen molar-refractivity contribution in [3.8, 4) is 0 Å². The van der Waals surface area contributed by atoms with Crippen LogP contribution in [0.4, 0.5) is 0 Å². The summed E-state index contributed by atoms with van der Waals surface area (Å²) in [6.07, 6.45) is -0.115. The molecular formula is C42H41N3O6S3. The molecule has 0 spiro atoms. The van der Waals surface area contributed by atoms with E-state index in [0.717, 1.165) is 47.9 Å². The van der Waals surface area contributed by atoms with Crippen molar-refractivity contribution in [2.24, 2.45) is 0 Å². The van der Waals surface area contributed by atoms with E-state index in [-0.39, 0.29) is 36.7 Å². The lowest BCUT2D eigenvalue weighted by molar-refractivity contribution is -0.245. The minimum atomic E-state index is -3.96. The number of nitrogens with zero attached hydrogens (tertiary/aromatic N) is 1. The molecule has 1 saturated heterocycles. The van der Waals surface area contributed by atoms with Gasteiger partial charge in [-0.15, -0.1) is 11.3 Å². The Labute approximate surface area is 323 Å². The van der Waals surface area contributed by atoms with Crippen LogP contribution in [0.15, 0.2) is 137 Å². The van der Waals surface area contributed by atoms with Crippen LogP contribution in [0.5, 0.6) is 0 Å². The number of carbonyl (C=O) groups excluding carboxylic acids is 1. The molecule has 5 aromatic carbocycles. The van der Waals surface area contributed by atoms with Crippen molar-refractivity contribution in [3.05, 3.63) is 161 Å². The van der Waals surface area contributed by atoms with E-state index < -0.39 is 28.3 Å². The van der Waals surface area contributed by atoms with Gasteiger partial charge in [-0.3, -0.25) is 4.79 Å². The van der Waals surface area contributed by atoms with Crippen LogP contribution in [0.2, 0.25) is 0 Å². The highest BCUT2D eigenvalue weighted by Crippen LogP contribution is 2.40. The maximum Gasteiger partial charge on any atom is 0.241 e. The van der Waals surface area contributed by atoms with Gasteiger partial charge < -0.3 is 19.9 Å². The number of sulfonamides is 1. The van der Waals surface area contributed by atoms with Crippen molar-refractivity contribution in [1.29, 1.82) is 0 Å². The lowest BCUT2D eigenvalue weighted by Gasteiger charge is -2.36. The fraction of sp³-hybridized carbons (Fsp3) is 0.238. The Morgan fingerprint density at radius 3 is 2.26 bits per heavy atom. The van der Waals surface area contributed by atoms with E-state index in [0.29, 0.717) is 12.2 Å². The zero-order valence-electron chi connectivity index (χ0n) is 29.6. The summed E-state index contributed by atoms with van der Waals surface area (Å²) in [5, 5.41) is 12.5. The summed E-state index contributed by atoms with van der Waals surface area (Å²) < 4.78 is 44.4. The van der Waals surface area contributed by atoms with Gasteiger partial charge in [-0.1, -0.05) is 120 Å². The number of aryl methyl sites for hydroxylation is 1. The second-order valence-electron chi connectivity index (χ2n) is 13.2. The largest absolute Gasteiger partial charge is 0.392 e. The topological polar surface area (TPSA) is 127 Å². The number of amides is 1. The Morgan fingerprint density at radius 1 is 0.852 bits per heavy atom. The van der Waals surface area contributed by atoms with E-state index >= 15 is 0 Å². The first-order chi connectivity index (χ1) is 26.2. The number of benzene rings is 5. The SMILES string of the molecule is Cc1ccc(S(=O)(=O)N[C@H](Cc2ccccc2)C(=O)NCc2ccc([C@H]3O[C@@H](CSc4nc5ccccc5s4)C[C@@H](c4ccc(CO)cc4)O3)cc2)cc1. The number of thiazole rings is 1. The van der Waals surface area contributed by atoms with Gasteiger partial charge in [-0.2, -0.15) is 4.72 Å². The van der Waals surface area contributed by atoms with Gasteiger partial charge >= 0.3 is 0 Å². The van der Waals surface area contributed by atoms with Crippen molar-refractivity contribution in [1.82, 2.24) is 15.0 Å². The van der Waals surface area contributed by atoms with E-state index in [1.165, 1.54) is 12.1 Å². The molecule has 0 saturated carbocycles. The quantitative estimate of drug-likeness (QED) is 0.0964. The highest BCUT2D eigenvalue weighted by molar-refractivity contribution is 8.01. The lowest BCUT2D eigenvalue weighted by atomic mass is 10.0. The highest BCUT2D eigenvalue weighted by atomic mass is 32.2. The van der Waals surface area contributed by atoms with Crippen molar-refractivity contribution < 1.29 is 27.8 Å². The van der Waals surface area contributed by atoms with Crippen LogP contribution in [0.1, 0.15) is 52.2 Å². The van der Waals surface area contributed by atoms with Gasteiger partial charge in [-0.05, 0) is 59.9 Å². The fourth-order valence-electron chi connectivity index (χ4n) is 6.22. The average molecular weight is 780 g/mol. The van der Waals surface area contributed by atoms with Crippen molar-refractivity contribution in [2.45, 2.75) is 66.7 Å². The third-order valence-electron chi connectivity index (χ3n) is 9.23. The number of para-hydroxylation sites is 1. The Bertz CT molecular complexity index is 2230. The number of rotatable bonds is 14. The number of carbonyl (C=O) groups is 1. The summed E-state index contributed by atoms with van der Waals surface area (Å²) in [5.74, 6) is 0.272. The minimum Gasteiger partial charge on any atom is -0.392 e. The average Bonchev–Trinajstić information content (AvgIpc) is 3.63. The molecule has 4 atom stereocenters. The van der Waals surface area contributed by atoms with Crippen LogP contribution in [-0.4, -0.2) is 42.3 Å². The van der Waals surface area contributed by atoms with Crippen LogP contribution in [-0.2, 0) is 43.9 Å². The maximum absolute atomic E-state index is 13.6. The van der Waals surface area contributed by atoms with E-state index in [2.05, 4.69) is 16.1 Å². The summed E-state index contributed by atoms with van der Waals surface area (Å²) in [5.41, 5.74) is 6.28. The van der Waals surface area contributed by atoms with Gasteiger partial charge in [0.05, 0.1) is 33.9 Å². The number of thioether (sulfide) groups is 1. The molecule has 12 heteroatoms. The van der Waals surface area contributed by atoms with Gasteiger partial charge in [0.1, 0.15) is 6.04 Å². The molecular weight excluding hydrogens is 739 g/mol. The first-order valence-corrected chi connectivity index (χ1v) is 21.0. The highest BCUT2D eigenvalue weighted by Gasteiger charge is 2.33. The first-order valence-electron chi connectivity index (χ1n) is 17.7. The molecule has 0 aliphatic carbocycles. The number of fused-ring (bicyclic) bond motifs is 1. The van der Waals surface area contributed by atoms with Gasteiger partial charge in [0.2, 0.25) is 15.9 Å². The van der Waals surface area contributed by atoms with Crippen LogP contribution < -0.4 is 10.0 Å². The molecule has 0 bridgehead atoms. The first kappa shape index (κ1) is 37.9. The predicted octanol–water partition coefficient (Wildman–Crippen LogP) is 7.64. The summed E-state index contributed by atoms with van der Waals surface area (Å²) >= 11 is 3.35. The van der Waals surface area contributed by atoms with E-state index in [1.807, 2.05) is 104 Å². The molecule has 7 rings (SSSR count). The van der Waals surface area contributed by atoms with Crippen molar-refractivity contribution in [2.75, 3.05) is 5.75 Å². The molecule has 6 aromatic rings. The Balaban J connectivity index is 1.03. The van der Waals surface area contributed by atoms with E-state index in [9.17, 15) is 18.3 Å². The Kier molecular flexibility index (Phi) is 12.2.